The fourth-order valence-corrected chi connectivity index (χ4v) is 4.00. The molecule has 2 atom stereocenters. The first-order valence-corrected chi connectivity index (χ1v) is 8.45. The van der Waals surface area contributed by atoms with Crippen molar-refractivity contribution in [1.29, 1.82) is 0 Å². The molecule has 1 aromatic rings. The molecule has 2 rings (SSSR count). The third kappa shape index (κ3) is 4.82. The van der Waals surface area contributed by atoms with Crippen LogP contribution >= 0.6 is 24.2 Å². The van der Waals surface area contributed by atoms with Gasteiger partial charge in [0, 0.05) is 22.5 Å². The van der Waals surface area contributed by atoms with Crippen LogP contribution in [-0.2, 0) is 0 Å². The van der Waals surface area contributed by atoms with Crippen molar-refractivity contribution in [3.05, 3.63) is 29.3 Å². The minimum atomic E-state index is 0. The monoisotopic (exact) mass is 328 g/mol. The number of anilines is 1. The van der Waals surface area contributed by atoms with E-state index in [2.05, 4.69) is 12.2 Å². The van der Waals surface area contributed by atoms with Crippen molar-refractivity contribution in [2.75, 3.05) is 11.5 Å². The van der Waals surface area contributed by atoms with Gasteiger partial charge in [-0.2, -0.15) is 11.8 Å². The molecule has 5 heteroatoms. The third-order valence-corrected chi connectivity index (χ3v) is 5.23. The minimum Gasteiger partial charge on any atom is -0.399 e. The molecule has 0 radical (unpaired) electrons. The van der Waals surface area contributed by atoms with E-state index in [1.165, 1.54) is 19.3 Å². The number of nitrogens with two attached hydrogens (primary N) is 1. The fourth-order valence-electron chi connectivity index (χ4n) is 2.81. The lowest BCUT2D eigenvalue weighted by atomic mass is 9.94. The Bertz CT molecular complexity index is 479. The molecule has 0 aliphatic heterocycles. The fraction of sp³-hybridized carbons (Fsp3) is 0.562. The van der Waals surface area contributed by atoms with E-state index in [0.29, 0.717) is 22.5 Å². The van der Waals surface area contributed by atoms with Crippen molar-refractivity contribution in [3.8, 4) is 0 Å². The normalized spacial score (nSPS) is 21.4. The van der Waals surface area contributed by atoms with Gasteiger partial charge in [0.25, 0.3) is 5.91 Å². The van der Waals surface area contributed by atoms with Gasteiger partial charge in [0.05, 0.1) is 0 Å². The van der Waals surface area contributed by atoms with Crippen molar-refractivity contribution < 1.29 is 4.79 Å². The summed E-state index contributed by atoms with van der Waals surface area (Å²) in [5.41, 5.74) is 8.12. The highest BCUT2D eigenvalue weighted by Crippen LogP contribution is 2.29. The second-order valence-electron chi connectivity index (χ2n) is 5.43. The highest BCUT2D eigenvalue weighted by molar-refractivity contribution is 7.99. The molecule has 1 saturated carbocycles. The maximum absolute atomic E-state index is 12.5. The molecule has 0 aromatic heterocycles. The van der Waals surface area contributed by atoms with E-state index in [4.69, 9.17) is 5.73 Å². The molecule has 0 bridgehead atoms. The van der Waals surface area contributed by atoms with Crippen LogP contribution in [0.2, 0.25) is 0 Å². The first-order valence-electron chi connectivity index (χ1n) is 7.40. The third-order valence-electron chi connectivity index (χ3n) is 3.91. The van der Waals surface area contributed by atoms with Crippen LogP contribution in [0.1, 0.15) is 48.5 Å². The Balaban J connectivity index is 0.00000220. The summed E-state index contributed by atoms with van der Waals surface area (Å²) in [7, 11) is 0. The van der Waals surface area contributed by atoms with E-state index in [0.717, 1.165) is 17.7 Å². The SMILES string of the molecule is CCSC1CCCCC1NC(=O)c1cc(N)ccc1C.Cl. The number of hydrogen-bond acceptors (Lipinski definition) is 3. The molecule has 3 N–H and O–H groups in total. The van der Waals surface area contributed by atoms with Crippen molar-refractivity contribution >= 4 is 35.8 Å². The number of benzene rings is 1. The standard InChI is InChI=1S/C16H24N2OS.ClH/c1-3-20-15-7-5-4-6-14(15)18-16(19)13-10-12(17)9-8-11(13)2;/h8-10,14-15H,3-7,17H2,1-2H3,(H,18,19);1H. The molecular formula is C16H25ClN2OS. The largest absolute Gasteiger partial charge is 0.399 e. The van der Waals surface area contributed by atoms with Crippen LogP contribution in [-0.4, -0.2) is 23.0 Å². The Kier molecular flexibility index (Phi) is 7.40. The average molecular weight is 329 g/mol. The Hall–Kier alpha value is -0.870. The molecule has 1 fully saturated rings. The van der Waals surface area contributed by atoms with Gasteiger partial charge in [-0.1, -0.05) is 25.8 Å². The summed E-state index contributed by atoms with van der Waals surface area (Å²) in [6.45, 7) is 4.13. The smallest absolute Gasteiger partial charge is 0.251 e. The first-order chi connectivity index (χ1) is 9.61. The van der Waals surface area contributed by atoms with E-state index < -0.39 is 0 Å². The zero-order valence-electron chi connectivity index (χ0n) is 12.7. The van der Waals surface area contributed by atoms with Gasteiger partial charge in [0.15, 0.2) is 0 Å². The molecule has 1 aliphatic rings. The number of aryl methyl sites for hydroxylation is 1. The van der Waals surface area contributed by atoms with Gasteiger partial charge >= 0.3 is 0 Å². The Morgan fingerprint density at radius 3 is 2.81 bits per heavy atom. The highest BCUT2D eigenvalue weighted by atomic mass is 35.5. The number of nitrogen functional groups attached to an aromatic ring is 1. The lowest BCUT2D eigenvalue weighted by molar-refractivity contribution is 0.0928. The molecule has 0 saturated heterocycles. The predicted octanol–water partition coefficient (Wildman–Crippen LogP) is 3.79. The lowest BCUT2D eigenvalue weighted by Crippen LogP contribution is -2.44. The number of carbonyl (C=O) groups excluding carboxylic acids is 1. The quantitative estimate of drug-likeness (QED) is 0.827. The number of hydrogen-bond donors (Lipinski definition) is 2. The number of thioether (sulfide) groups is 1. The van der Waals surface area contributed by atoms with Gasteiger partial charge in [0.1, 0.15) is 0 Å². The number of carbonyl (C=O) groups is 1. The minimum absolute atomic E-state index is 0. The Morgan fingerprint density at radius 2 is 2.10 bits per heavy atom. The van der Waals surface area contributed by atoms with Gasteiger partial charge in [-0.05, 0) is 43.2 Å². The molecule has 1 amide bonds. The molecule has 0 heterocycles. The van der Waals surface area contributed by atoms with Crippen molar-refractivity contribution in [2.45, 2.75) is 50.8 Å². The number of amides is 1. The molecular weight excluding hydrogens is 304 g/mol. The molecule has 2 unspecified atom stereocenters. The highest BCUT2D eigenvalue weighted by Gasteiger charge is 2.27. The van der Waals surface area contributed by atoms with Crippen LogP contribution in [0, 0.1) is 6.92 Å². The predicted molar refractivity (Wildman–Crippen MR) is 94.5 cm³/mol. The van der Waals surface area contributed by atoms with Crippen molar-refractivity contribution in [2.24, 2.45) is 0 Å². The first kappa shape index (κ1) is 18.2. The summed E-state index contributed by atoms with van der Waals surface area (Å²) >= 11 is 1.97. The van der Waals surface area contributed by atoms with Crippen molar-refractivity contribution in [3.63, 3.8) is 0 Å². The Labute approximate surface area is 137 Å². The average Bonchev–Trinajstić information content (AvgIpc) is 2.44. The summed E-state index contributed by atoms with van der Waals surface area (Å²) in [5, 5.41) is 3.78. The zero-order valence-corrected chi connectivity index (χ0v) is 14.4. The topological polar surface area (TPSA) is 55.1 Å². The van der Waals surface area contributed by atoms with Crippen LogP contribution in [0.15, 0.2) is 18.2 Å². The van der Waals surface area contributed by atoms with E-state index in [1.807, 2.05) is 30.8 Å². The van der Waals surface area contributed by atoms with E-state index in [-0.39, 0.29) is 18.3 Å². The summed E-state index contributed by atoms with van der Waals surface area (Å²) in [6, 6.07) is 5.81. The van der Waals surface area contributed by atoms with E-state index >= 15 is 0 Å². The van der Waals surface area contributed by atoms with Gasteiger partial charge in [-0.25, -0.2) is 0 Å². The van der Waals surface area contributed by atoms with Crippen LogP contribution < -0.4 is 11.1 Å². The lowest BCUT2D eigenvalue weighted by Gasteiger charge is -2.31. The van der Waals surface area contributed by atoms with Crippen LogP contribution in [0.25, 0.3) is 0 Å². The van der Waals surface area contributed by atoms with E-state index in [1.54, 1.807) is 6.07 Å². The van der Waals surface area contributed by atoms with Crippen LogP contribution in [0.5, 0.6) is 0 Å². The second-order valence-corrected chi connectivity index (χ2v) is 6.95. The van der Waals surface area contributed by atoms with Gasteiger partial charge in [-0.3, -0.25) is 4.79 Å². The summed E-state index contributed by atoms with van der Waals surface area (Å²) in [4.78, 5) is 12.5. The van der Waals surface area contributed by atoms with Crippen LogP contribution in [0.3, 0.4) is 0 Å². The molecule has 1 aliphatic carbocycles. The van der Waals surface area contributed by atoms with Gasteiger partial charge in [-0.15, -0.1) is 12.4 Å². The molecule has 3 nitrogen and oxygen atoms in total. The van der Waals surface area contributed by atoms with Gasteiger partial charge in [0.2, 0.25) is 0 Å². The number of halogens is 1. The van der Waals surface area contributed by atoms with Crippen molar-refractivity contribution in [1.82, 2.24) is 5.32 Å². The maximum atomic E-state index is 12.5. The summed E-state index contributed by atoms with van der Waals surface area (Å²) in [5.74, 6) is 1.12. The van der Waals surface area contributed by atoms with E-state index in [9.17, 15) is 4.79 Å². The van der Waals surface area contributed by atoms with Gasteiger partial charge < -0.3 is 11.1 Å². The zero-order chi connectivity index (χ0) is 14.5. The molecule has 21 heavy (non-hydrogen) atoms. The molecule has 1 aromatic carbocycles. The molecule has 118 valence electrons. The summed E-state index contributed by atoms with van der Waals surface area (Å²) < 4.78 is 0. The number of nitrogens with one attached hydrogen (secondary N) is 1. The molecule has 0 spiro atoms. The summed E-state index contributed by atoms with van der Waals surface area (Å²) in [6.07, 6.45) is 4.78. The maximum Gasteiger partial charge on any atom is 0.251 e. The van der Waals surface area contributed by atoms with Crippen LogP contribution in [0.4, 0.5) is 5.69 Å². The second kappa shape index (κ2) is 8.54. The number of rotatable bonds is 4. The Morgan fingerprint density at radius 1 is 1.38 bits per heavy atom.